The smallest absolute Gasteiger partial charge is 0.470 e. The van der Waals surface area contributed by atoms with E-state index in [0.29, 0.717) is 0 Å². The van der Waals surface area contributed by atoms with Crippen molar-refractivity contribution in [1.29, 1.82) is 0 Å². The summed E-state index contributed by atoms with van der Waals surface area (Å²) in [5, 5.41) is 22.4. The summed E-state index contributed by atoms with van der Waals surface area (Å²) in [5.74, 6) is -4.24. The van der Waals surface area contributed by atoms with Gasteiger partial charge in [0.2, 0.25) is 5.91 Å². The number of ether oxygens (including phenoxy) is 1. The number of hydrogen-bond donors (Lipinski definition) is 8. The SMILES string of the molecule is CC(C)(CO)[C@@H](OP(=O)(O)O)C(=O)NCCC(=O)OCC(C)(C)[C@@H](OP(=O)(O)O)C(=O)NCCC(=O)O. The van der Waals surface area contributed by atoms with Gasteiger partial charge in [0.1, 0.15) is 0 Å². The molecule has 0 aromatic rings. The monoisotopic (exact) mass is 580 g/mol. The summed E-state index contributed by atoms with van der Waals surface area (Å²) in [5.41, 5.74) is -2.91. The molecule has 0 aliphatic heterocycles. The van der Waals surface area contributed by atoms with E-state index in [-0.39, 0.29) is 13.1 Å². The third-order valence-corrected chi connectivity index (χ3v) is 5.63. The zero-order valence-corrected chi connectivity index (χ0v) is 22.4. The van der Waals surface area contributed by atoms with Crippen LogP contribution < -0.4 is 10.6 Å². The Kier molecular flexibility index (Phi) is 13.5. The fourth-order valence-corrected chi connectivity index (χ4v) is 3.94. The molecule has 0 rings (SSSR count). The van der Waals surface area contributed by atoms with Crippen LogP contribution in [0.4, 0.5) is 0 Å². The van der Waals surface area contributed by atoms with E-state index in [1.54, 1.807) is 0 Å². The Hall–Kier alpha value is -1.94. The molecular weight excluding hydrogens is 546 g/mol. The van der Waals surface area contributed by atoms with Crippen LogP contribution in [0.1, 0.15) is 40.5 Å². The van der Waals surface area contributed by atoms with Crippen molar-refractivity contribution in [3.8, 4) is 0 Å². The van der Waals surface area contributed by atoms with Crippen molar-refractivity contribution >= 4 is 39.4 Å². The number of phosphoric acid groups is 2. The number of aliphatic carboxylic acids is 1. The van der Waals surface area contributed by atoms with Crippen LogP contribution in [0.25, 0.3) is 0 Å². The van der Waals surface area contributed by atoms with Crippen molar-refractivity contribution in [2.45, 2.75) is 52.7 Å². The molecule has 0 bridgehead atoms. The highest BCUT2D eigenvalue weighted by molar-refractivity contribution is 7.46. The van der Waals surface area contributed by atoms with Crippen molar-refractivity contribution in [1.82, 2.24) is 10.6 Å². The third kappa shape index (κ3) is 14.5. The molecular formula is C18H34N2O15P2. The minimum absolute atomic E-state index is 0.357. The maximum absolute atomic E-state index is 12.4. The lowest BCUT2D eigenvalue weighted by atomic mass is 9.87. The molecule has 0 spiro atoms. The molecule has 216 valence electrons. The van der Waals surface area contributed by atoms with E-state index in [1.165, 1.54) is 27.7 Å². The molecule has 8 N–H and O–H groups in total. The number of nitrogens with one attached hydrogen (secondary N) is 2. The standard InChI is InChI=1S/C18H34N2O15P2/c1-17(2,9-21)13(34-36(27,28)29)15(25)20-8-6-12(24)33-10-18(3,4)14(35-37(30,31)32)16(26)19-7-5-11(22)23/h13-14,21H,5-10H2,1-4H3,(H,19,26)(H,20,25)(H,22,23)(H2,27,28,29)(H2,30,31,32)/t13-,14-/m0/s1. The topological polar surface area (TPSA) is 276 Å². The average molecular weight is 580 g/mol. The van der Waals surface area contributed by atoms with Crippen LogP contribution in [0.2, 0.25) is 0 Å². The molecule has 0 saturated carbocycles. The molecule has 0 unspecified atom stereocenters. The molecule has 0 aliphatic rings. The van der Waals surface area contributed by atoms with Gasteiger partial charge in [-0.05, 0) is 0 Å². The molecule has 19 heteroatoms. The fourth-order valence-electron chi connectivity index (χ4n) is 2.63. The molecule has 37 heavy (non-hydrogen) atoms. The van der Waals surface area contributed by atoms with E-state index in [1.807, 2.05) is 0 Å². The number of rotatable bonds is 17. The van der Waals surface area contributed by atoms with Gasteiger partial charge in [0.05, 0.1) is 26.1 Å². The van der Waals surface area contributed by atoms with Crippen LogP contribution in [0.15, 0.2) is 0 Å². The zero-order valence-electron chi connectivity index (χ0n) is 20.6. The predicted molar refractivity (Wildman–Crippen MR) is 122 cm³/mol. The Morgan fingerprint density at radius 2 is 1.19 bits per heavy atom. The molecule has 0 saturated heterocycles. The van der Waals surface area contributed by atoms with Crippen LogP contribution in [-0.4, -0.2) is 92.1 Å². The lowest BCUT2D eigenvalue weighted by Crippen LogP contribution is -2.48. The third-order valence-electron chi connectivity index (χ3n) is 4.66. The number of esters is 1. The number of carboxylic acid groups (broad SMARTS) is 1. The van der Waals surface area contributed by atoms with E-state index in [9.17, 15) is 33.4 Å². The lowest BCUT2D eigenvalue weighted by Gasteiger charge is -2.32. The summed E-state index contributed by atoms with van der Waals surface area (Å²) in [4.78, 5) is 83.7. The molecule has 0 fully saturated rings. The largest absolute Gasteiger partial charge is 0.481 e. The minimum Gasteiger partial charge on any atom is -0.481 e. The quantitative estimate of drug-likeness (QED) is 0.0727. The van der Waals surface area contributed by atoms with Crippen LogP contribution in [0, 0.1) is 10.8 Å². The van der Waals surface area contributed by atoms with Crippen molar-refractivity contribution in [2.75, 3.05) is 26.3 Å². The van der Waals surface area contributed by atoms with Crippen molar-refractivity contribution in [3.05, 3.63) is 0 Å². The van der Waals surface area contributed by atoms with Crippen LogP contribution in [0.3, 0.4) is 0 Å². The summed E-state index contributed by atoms with van der Waals surface area (Å²) < 4.78 is 36.5. The van der Waals surface area contributed by atoms with Gasteiger partial charge in [-0.15, -0.1) is 0 Å². The second-order valence-electron chi connectivity index (χ2n) is 9.22. The number of aliphatic hydroxyl groups is 1. The van der Waals surface area contributed by atoms with E-state index >= 15 is 0 Å². The minimum atomic E-state index is -5.19. The van der Waals surface area contributed by atoms with E-state index in [0.717, 1.165) is 0 Å². The van der Waals surface area contributed by atoms with Gasteiger partial charge < -0.3 is 45.2 Å². The molecule has 0 radical (unpaired) electrons. The average Bonchev–Trinajstić information content (AvgIpc) is 2.72. The highest BCUT2D eigenvalue weighted by Crippen LogP contribution is 2.43. The maximum atomic E-state index is 12.4. The maximum Gasteiger partial charge on any atom is 0.470 e. The van der Waals surface area contributed by atoms with Gasteiger partial charge in [-0.1, -0.05) is 27.7 Å². The summed E-state index contributed by atoms with van der Waals surface area (Å²) in [6.07, 6.45) is -4.54. The first-order valence-electron chi connectivity index (χ1n) is 10.6. The number of aliphatic hydroxyl groups excluding tert-OH is 1. The Morgan fingerprint density at radius 3 is 1.57 bits per heavy atom. The van der Waals surface area contributed by atoms with Gasteiger partial charge in [-0.25, -0.2) is 9.13 Å². The van der Waals surface area contributed by atoms with E-state index in [2.05, 4.69) is 19.7 Å². The molecule has 0 aromatic carbocycles. The normalized spacial score (nSPS) is 14.4. The van der Waals surface area contributed by atoms with Crippen LogP contribution in [-0.2, 0) is 42.1 Å². The number of phosphoric ester groups is 2. The lowest BCUT2D eigenvalue weighted by molar-refractivity contribution is -0.153. The highest BCUT2D eigenvalue weighted by Gasteiger charge is 2.42. The van der Waals surface area contributed by atoms with Crippen LogP contribution >= 0.6 is 15.6 Å². The number of carbonyl (C=O) groups is 4. The number of carboxylic acids is 1. The second-order valence-corrected chi connectivity index (χ2v) is 11.6. The van der Waals surface area contributed by atoms with Crippen molar-refractivity contribution < 1.29 is 71.9 Å². The van der Waals surface area contributed by atoms with Gasteiger partial charge in [0.15, 0.2) is 12.2 Å². The number of hydrogen-bond acceptors (Lipinski definition) is 10. The summed E-state index contributed by atoms with van der Waals surface area (Å²) in [7, 11) is -10.3. The van der Waals surface area contributed by atoms with Gasteiger partial charge in [-0.3, -0.25) is 28.2 Å². The van der Waals surface area contributed by atoms with Crippen LogP contribution in [0.5, 0.6) is 0 Å². The first-order chi connectivity index (χ1) is 16.6. The van der Waals surface area contributed by atoms with E-state index < -0.39 is 88.5 Å². The Balaban J connectivity index is 5.10. The summed E-state index contributed by atoms with van der Waals surface area (Å²) in [6, 6.07) is 0. The summed E-state index contributed by atoms with van der Waals surface area (Å²) >= 11 is 0. The van der Waals surface area contributed by atoms with Gasteiger partial charge in [-0.2, -0.15) is 0 Å². The van der Waals surface area contributed by atoms with Gasteiger partial charge in [0, 0.05) is 23.9 Å². The van der Waals surface area contributed by atoms with Crippen molar-refractivity contribution in [2.24, 2.45) is 10.8 Å². The van der Waals surface area contributed by atoms with E-state index in [4.69, 9.17) is 29.4 Å². The molecule has 0 aliphatic carbocycles. The molecule has 17 nitrogen and oxygen atoms in total. The Bertz CT molecular complexity index is 911. The fraction of sp³-hybridized carbons (Fsp3) is 0.778. The van der Waals surface area contributed by atoms with Gasteiger partial charge in [0.25, 0.3) is 5.91 Å². The molecule has 2 amide bonds. The highest BCUT2D eigenvalue weighted by atomic mass is 31.2. The first kappa shape index (κ1) is 35.1. The van der Waals surface area contributed by atoms with Gasteiger partial charge >= 0.3 is 27.6 Å². The molecule has 0 aromatic heterocycles. The summed E-state index contributed by atoms with van der Waals surface area (Å²) in [6.45, 7) is 3.24. The second kappa shape index (κ2) is 14.3. The first-order valence-corrected chi connectivity index (χ1v) is 13.7. The number of amides is 2. The predicted octanol–water partition coefficient (Wildman–Crippen LogP) is -1.37. The Morgan fingerprint density at radius 1 is 0.784 bits per heavy atom. The molecule has 0 heterocycles. The zero-order chi connectivity index (χ0) is 29.2. The Labute approximate surface area is 212 Å². The van der Waals surface area contributed by atoms with Crippen molar-refractivity contribution in [3.63, 3.8) is 0 Å². The number of carbonyl (C=O) groups excluding carboxylic acids is 3. The molecule has 2 atom stereocenters.